The minimum absolute atomic E-state index is 0.120. The van der Waals surface area contributed by atoms with E-state index < -0.39 is 5.41 Å². The second kappa shape index (κ2) is 16.2. The lowest BCUT2D eigenvalue weighted by molar-refractivity contribution is 0.188. The largest absolute Gasteiger partial charge is 0.496 e. The van der Waals surface area contributed by atoms with Gasteiger partial charge < -0.3 is 28.6 Å². The van der Waals surface area contributed by atoms with Crippen LogP contribution >= 0.6 is 11.3 Å². The predicted molar refractivity (Wildman–Crippen MR) is 180 cm³/mol. The Labute approximate surface area is 273 Å². The maximum atomic E-state index is 10.6. The summed E-state index contributed by atoms with van der Waals surface area (Å²) in [6, 6.07) is 14.7. The van der Waals surface area contributed by atoms with Gasteiger partial charge in [-0.05, 0) is 72.9 Å². The van der Waals surface area contributed by atoms with E-state index in [2.05, 4.69) is 41.2 Å². The third kappa shape index (κ3) is 8.04. The van der Waals surface area contributed by atoms with Crippen LogP contribution in [0.15, 0.2) is 41.8 Å². The van der Waals surface area contributed by atoms with Crippen molar-refractivity contribution in [3.05, 3.63) is 63.3 Å². The smallest absolute Gasteiger partial charge is 0.161 e. The molecule has 0 spiro atoms. The van der Waals surface area contributed by atoms with Gasteiger partial charge in [0.15, 0.2) is 11.5 Å². The first-order valence-electron chi connectivity index (χ1n) is 15.7. The van der Waals surface area contributed by atoms with Crippen molar-refractivity contribution in [2.45, 2.75) is 51.5 Å². The fraction of sp³-hybridized carbons (Fsp3) is 0.528. The van der Waals surface area contributed by atoms with Crippen LogP contribution in [0.4, 0.5) is 0 Å². The summed E-state index contributed by atoms with van der Waals surface area (Å²) >= 11 is 1.88. The Balaban J connectivity index is 1.52. The van der Waals surface area contributed by atoms with Crippen molar-refractivity contribution >= 4 is 11.3 Å². The molecule has 8 nitrogen and oxygen atoms in total. The molecule has 3 aromatic rings. The standard InChI is InChI=1S/C36H49N3O5S/c1-26(2)36(25-37,28-9-10-31(41-4)34(21-28)44-7)14-8-15-38(18-19-39-17-12-35-27(24-39)13-20-45-35)16-11-30-32(42-5)22-29(40-3)23-33(30)43-6/h9-10,13,20-23,26H,8,11-12,14-19,24H2,1-7H3. The molecule has 1 aliphatic heterocycles. The fourth-order valence-electron chi connectivity index (χ4n) is 6.42. The molecule has 0 N–H and O–H groups in total. The molecule has 0 aliphatic carbocycles. The van der Waals surface area contributed by atoms with E-state index in [0.717, 1.165) is 87.6 Å². The zero-order valence-corrected chi connectivity index (χ0v) is 28.8. The molecule has 1 aromatic heterocycles. The highest BCUT2D eigenvalue weighted by atomic mass is 32.1. The van der Waals surface area contributed by atoms with Crippen LogP contribution in [0.2, 0.25) is 0 Å². The highest BCUT2D eigenvalue weighted by molar-refractivity contribution is 7.10. The van der Waals surface area contributed by atoms with E-state index in [-0.39, 0.29) is 5.92 Å². The van der Waals surface area contributed by atoms with Crippen molar-refractivity contribution in [3.8, 4) is 34.8 Å². The number of thiophene rings is 1. The summed E-state index contributed by atoms with van der Waals surface area (Å²) in [5, 5.41) is 12.8. The Morgan fingerprint density at radius 3 is 2.22 bits per heavy atom. The van der Waals surface area contributed by atoms with Crippen LogP contribution in [0.3, 0.4) is 0 Å². The molecule has 0 bridgehead atoms. The minimum Gasteiger partial charge on any atom is -0.496 e. The van der Waals surface area contributed by atoms with Gasteiger partial charge in [0.1, 0.15) is 17.2 Å². The molecule has 4 rings (SSSR count). The number of benzene rings is 2. The van der Waals surface area contributed by atoms with Crippen LogP contribution in [0.25, 0.3) is 0 Å². The van der Waals surface area contributed by atoms with Crippen LogP contribution in [-0.4, -0.2) is 78.1 Å². The van der Waals surface area contributed by atoms with E-state index in [1.807, 2.05) is 41.7 Å². The summed E-state index contributed by atoms with van der Waals surface area (Å²) in [6.07, 6.45) is 3.52. The molecule has 1 unspecified atom stereocenters. The van der Waals surface area contributed by atoms with Gasteiger partial charge in [-0.3, -0.25) is 4.90 Å². The van der Waals surface area contributed by atoms with Crippen LogP contribution in [0.1, 0.15) is 48.3 Å². The molecule has 0 radical (unpaired) electrons. The number of ether oxygens (including phenoxy) is 5. The van der Waals surface area contributed by atoms with Crippen molar-refractivity contribution in [2.75, 3.05) is 68.3 Å². The molecule has 0 saturated carbocycles. The molecule has 1 atom stereocenters. The second-order valence-electron chi connectivity index (χ2n) is 11.9. The molecule has 1 aliphatic rings. The summed E-state index contributed by atoms with van der Waals surface area (Å²) in [7, 11) is 8.29. The van der Waals surface area contributed by atoms with Gasteiger partial charge in [0.05, 0.1) is 47.0 Å². The first-order chi connectivity index (χ1) is 21.8. The molecule has 0 amide bonds. The van der Waals surface area contributed by atoms with E-state index in [9.17, 15) is 5.26 Å². The molecule has 9 heteroatoms. The number of methoxy groups -OCH3 is 5. The summed E-state index contributed by atoms with van der Waals surface area (Å²) < 4.78 is 28.0. The number of rotatable bonds is 17. The molecular weight excluding hydrogens is 586 g/mol. The lowest BCUT2D eigenvalue weighted by atomic mass is 9.69. The van der Waals surface area contributed by atoms with Gasteiger partial charge in [0, 0.05) is 55.3 Å². The monoisotopic (exact) mass is 635 g/mol. The van der Waals surface area contributed by atoms with Gasteiger partial charge in [0.25, 0.3) is 0 Å². The average Bonchev–Trinajstić information content (AvgIpc) is 3.55. The Morgan fingerprint density at radius 2 is 1.60 bits per heavy atom. The Kier molecular flexibility index (Phi) is 12.4. The zero-order chi connectivity index (χ0) is 32.4. The second-order valence-corrected chi connectivity index (χ2v) is 12.9. The first kappa shape index (κ1) is 34.4. The van der Waals surface area contributed by atoms with Gasteiger partial charge in [-0.15, -0.1) is 11.3 Å². The number of hydrogen-bond acceptors (Lipinski definition) is 9. The third-order valence-corrected chi connectivity index (χ3v) is 10.3. The van der Waals surface area contributed by atoms with E-state index >= 15 is 0 Å². The lowest BCUT2D eigenvalue weighted by Gasteiger charge is -2.34. The quantitative estimate of drug-likeness (QED) is 0.164. The van der Waals surface area contributed by atoms with Gasteiger partial charge in [0.2, 0.25) is 0 Å². The number of fused-ring (bicyclic) bond motifs is 1. The van der Waals surface area contributed by atoms with Gasteiger partial charge in [-0.1, -0.05) is 19.9 Å². The number of nitrogens with zero attached hydrogens (tertiary/aromatic N) is 3. The Hall–Kier alpha value is -3.45. The minimum atomic E-state index is -0.643. The molecule has 45 heavy (non-hydrogen) atoms. The van der Waals surface area contributed by atoms with Crippen LogP contribution in [0, 0.1) is 17.2 Å². The van der Waals surface area contributed by atoms with E-state index in [4.69, 9.17) is 23.7 Å². The van der Waals surface area contributed by atoms with Crippen molar-refractivity contribution in [2.24, 2.45) is 5.92 Å². The number of nitriles is 1. The van der Waals surface area contributed by atoms with Gasteiger partial charge in [-0.25, -0.2) is 0 Å². The molecule has 2 aromatic carbocycles. The van der Waals surface area contributed by atoms with Crippen molar-refractivity contribution in [1.29, 1.82) is 5.26 Å². The Bertz CT molecular complexity index is 1410. The predicted octanol–water partition coefficient (Wildman–Crippen LogP) is 6.59. The average molecular weight is 636 g/mol. The molecular formula is C36H49N3O5S. The normalized spacial score (nSPS) is 14.5. The maximum Gasteiger partial charge on any atom is 0.161 e. The summed E-state index contributed by atoms with van der Waals surface area (Å²) in [4.78, 5) is 6.62. The van der Waals surface area contributed by atoms with Crippen molar-refractivity contribution in [1.82, 2.24) is 9.80 Å². The van der Waals surface area contributed by atoms with Crippen LogP contribution in [0.5, 0.6) is 28.7 Å². The maximum absolute atomic E-state index is 10.6. The van der Waals surface area contributed by atoms with Crippen molar-refractivity contribution in [3.63, 3.8) is 0 Å². The first-order valence-corrected chi connectivity index (χ1v) is 16.6. The fourth-order valence-corrected chi connectivity index (χ4v) is 7.31. The van der Waals surface area contributed by atoms with Gasteiger partial charge >= 0.3 is 0 Å². The van der Waals surface area contributed by atoms with Crippen LogP contribution < -0.4 is 23.7 Å². The summed E-state index contributed by atoms with van der Waals surface area (Å²) in [6.45, 7) is 10.0. The highest BCUT2D eigenvalue weighted by Crippen LogP contribution is 2.41. The van der Waals surface area contributed by atoms with Crippen molar-refractivity contribution < 1.29 is 23.7 Å². The topological polar surface area (TPSA) is 76.4 Å². The van der Waals surface area contributed by atoms with Gasteiger partial charge in [-0.2, -0.15) is 5.26 Å². The summed E-state index contributed by atoms with van der Waals surface area (Å²) in [5.74, 6) is 3.68. The molecule has 2 heterocycles. The van der Waals surface area contributed by atoms with E-state index in [1.54, 1.807) is 35.5 Å². The Morgan fingerprint density at radius 1 is 0.889 bits per heavy atom. The molecule has 244 valence electrons. The highest BCUT2D eigenvalue weighted by Gasteiger charge is 2.36. The zero-order valence-electron chi connectivity index (χ0n) is 28.0. The molecule has 0 fully saturated rings. The van der Waals surface area contributed by atoms with E-state index in [0.29, 0.717) is 17.2 Å². The van der Waals surface area contributed by atoms with E-state index in [1.165, 1.54) is 10.4 Å². The molecule has 0 saturated heterocycles. The summed E-state index contributed by atoms with van der Waals surface area (Å²) in [5.41, 5.74) is 2.83. The lowest BCUT2D eigenvalue weighted by Crippen LogP contribution is -2.39. The number of hydrogen-bond donors (Lipinski definition) is 0. The SMILES string of the molecule is COc1cc(OC)c(CCN(CCCC(C#N)(c2ccc(OC)c(OC)c2)C(C)C)CCN2CCc3sccc3C2)c(OC)c1. The third-order valence-electron chi connectivity index (χ3n) is 9.24. The van der Waals surface area contributed by atoms with Crippen LogP contribution in [-0.2, 0) is 24.8 Å².